The van der Waals surface area contributed by atoms with Gasteiger partial charge in [-0.2, -0.15) is 0 Å². The van der Waals surface area contributed by atoms with Gasteiger partial charge in [0.1, 0.15) is 47.6 Å². The number of nitrogen functional groups attached to an aromatic ring is 1. The summed E-state index contributed by atoms with van der Waals surface area (Å²) >= 11 is 0.533. The number of fused-ring (bicyclic) bond motifs is 4. The molecule has 8 rings (SSSR count). The van der Waals surface area contributed by atoms with Gasteiger partial charge in [-0.1, -0.05) is 24.3 Å². The van der Waals surface area contributed by atoms with Crippen molar-refractivity contribution < 1.29 is 70.0 Å². The lowest BCUT2D eigenvalue weighted by atomic mass is 10.1. The van der Waals surface area contributed by atoms with Crippen LogP contribution in [0.2, 0.25) is 0 Å². The number of benzene rings is 2. The van der Waals surface area contributed by atoms with E-state index in [1.807, 2.05) is 4.98 Å². The van der Waals surface area contributed by atoms with E-state index in [9.17, 15) is 28.4 Å². The van der Waals surface area contributed by atoms with Crippen molar-refractivity contribution in [3.8, 4) is 11.5 Å². The highest BCUT2D eigenvalue weighted by Gasteiger charge is 2.55. The lowest BCUT2D eigenvalue weighted by molar-refractivity contribution is -0.138. The Balaban J connectivity index is 1.08. The lowest BCUT2D eigenvalue weighted by Gasteiger charge is -2.27. The molecule has 2 bridgehead atoms. The first-order valence-electron chi connectivity index (χ1n) is 17.5. The summed E-state index contributed by atoms with van der Waals surface area (Å²) in [6.45, 7) is -6.54. The molecule has 0 radical (unpaired) electrons. The third-order valence-electron chi connectivity index (χ3n) is 9.35. The summed E-state index contributed by atoms with van der Waals surface area (Å²) in [5, 5.41) is 9.09. The Labute approximate surface area is 338 Å². The Bertz CT molecular complexity index is 2620. The molecule has 2 unspecified atom stereocenters. The minimum Gasteiger partial charge on any atom is -0.423 e. The van der Waals surface area contributed by atoms with E-state index in [1.165, 1.54) is 53.1 Å². The Morgan fingerprint density at radius 1 is 0.933 bits per heavy atom. The fourth-order valence-electron chi connectivity index (χ4n) is 6.48. The predicted octanol–water partition coefficient (Wildman–Crippen LogP) is 3.46. The number of halogens is 2. The normalized spacial score (nSPS) is 30.8. The maximum absolute atomic E-state index is 16.4. The molecule has 3 aromatic heterocycles. The molecule has 0 saturated carbocycles. The molecule has 10 atom stereocenters. The van der Waals surface area contributed by atoms with Gasteiger partial charge in [0.15, 0.2) is 42.0 Å². The zero-order valence-electron chi connectivity index (χ0n) is 30.2. The van der Waals surface area contributed by atoms with Gasteiger partial charge in [-0.05, 0) is 41.2 Å². The number of esters is 1. The number of imidazole rings is 1. The van der Waals surface area contributed by atoms with E-state index in [-0.39, 0.29) is 39.8 Å². The number of hydrogen-bond donors (Lipinski definition) is 4. The van der Waals surface area contributed by atoms with Crippen LogP contribution in [0.25, 0.3) is 11.2 Å². The number of nitrogens with two attached hydrogens (primary N) is 1. The standard InChI is InChI=1S/C33H31F2N7O15P2S/c34-23-20-11-51-59(49,60-13-16-5-7-17(8-6-16)52-32(44)18-3-1-2-4-19(18)55-46)57-26-21(54-30(24(26)35)41-10-9-22(43)40-33(41)45)12-50-58(47,48)56-27(23)31(53-20)42-15-39-25-28(36)37-14-38-29(25)42/h1-10,14-15,20-21,23-24,26-27,30-31,46H,11-13H2,(H,47,48)(H2,36,37,38)(H,40,43,45)/t20-,21-,23-,24-,26-,27-,30-,31-,59?/m1/s1. The maximum Gasteiger partial charge on any atom is 0.472 e. The zero-order valence-corrected chi connectivity index (χ0v) is 32.8. The van der Waals surface area contributed by atoms with E-state index in [1.54, 1.807) is 0 Å². The van der Waals surface area contributed by atoms with Crippen LogP contribution in [-0.4, -0.2) is 95.2 Å². The van der Waals surface area contributed by atoms with Gasteiger partial charge in [0.25, 0.3) is 5.56 Å². The SMILES string of the molecule is Nc1ncnc2c1ncn2[C@@H]1O[C@@H]2COP(=O)(SCc3ccc(OC(=O)c4ccccc4OO)cc3)O[C@H]3[C@@H](F)[C@H](n4ccc(=O)[nH]c4=O)O[C@@H]3COP(=O)(O)O[C@@H]1[C@@H]2F. The number of nitrogens with zero attached hydrogens (tertiary/aromatic N) is 5. The molecule has 318 valence electrons. The second-order valence-electron chi connectivity index (χ2n) is 13.2. The number of carbonyl (C=O) groups is 1. The smallest absolute Gasteiger partial charge is 0.423 e. The van der Waals surface area contributed by atoms with Gasteiger partial charge >= 0.3 is 26.3 Å². The molecular formula is C33H31F2N7O15P2S. The number of rotatable bonds is 8. The quantitative estimate of drug-likeness (QED) is 0.0570. The van der Waals surface area contributed by atoms with Gasteiger partial charge < -0.3 is 29.7 Å². The molecule has 5 N–H and O–H groups in total. The number of phosphoric ester groups is 1. The summed E-state index contributed by atoms with van der Waals surface area (Å²) in [5.74, 6) is -1.11. The second kappa shape index (κ2) is 16.9. The number of anilines is 1. The van der Waals surface area contributed by atoms with Gasteiger partial charge in [-0.15, -0.1) is 0 Å². The van der Waals surface area contributed by atoms with Crippen LogP contribution in [0.3, 0.4) is 0 Å². The van der Waals surface area contributed by atoms with Gasteiger partial charge in [-0.3, -0.25) is 37.0 Å². The Kier molecular flexibility index (Phi) is 11.7. The number of hydrogen-bond acceptors (Lipinski definition) is 19. The van der Waals surface area contributed by atoms with Crippen LogP contribution in [-0.2, 0) is 42.5 Å². The fourth-order valence-corrected chi connectivity index (χ4v) is 10.8. The number of alkyl halides is 2. The summed E-state index contributed by atoms with van der Waals surface area (Å²) in [4.78, 5) is 66.2. The number of ether oxygens (including phenoxy) is 3. The van der Waals surface area contributed by atoms with Crippen molar-refractivity contribution >= 4 is 49.0 Å². The van der Waals surface area contributed by atoms with Crippen LogP contribution >= 0.6 is 26.0 Å². The molecule has 60 heavy (non-hydrogen) atoms. The average molecular weight is 898 g/mol. The second-order valence-corrected chi connectivity index (χ2v) is 18.6. The lowest BCUT2D eigenvalue weighted by Crippen LogP contribution is -2.36. The third kappa shape index (κ3) is 8.51. The first-order chi connectivity index (χ1) is 28.7. The van der Waals surface area contributed by atoms with Crippen LogP contribution in [0.15, 0.2) is 83.0 Å². The highest BCUT2D eigenvalue weighted by molar-refractivity contribution is 8.54. The Morgan fingerprint density at radius 3 is 2.45 bits per heavy atom. The summed E-state index contributed by atoms with van der Waals surface area (Å²) in [5.41, 5.74) is 4.55. The zero-order chi connectivity index (χ0) is 42.3. The summed E-state index contributed by atoms with van der Waals surface area (Å²) in [6.07, 6.45) is -12.0. The van der Waals surface area contributed by atoms with Crippen molar-refractivity contribution in [3.63, 3.8) is 0 Å². The summed E-state index contributed by atoms with van der Waals surface area (Å²) in [7, 11) is -5.29. The summed E-state index contributed by atoms with van der Waals surface area (Å²) < 4.78 is 102. The fraction of sp³-hybridized carbons (Fsp3) is 0.333. The monoisotopic (exact) mass is 897 g/mol. The molecule has 2 aromatic carbocycles. The molecule has 6 heterocycles. The van der Waals surface area contributed by atoms with Crippen molar-refractivity contribution in [2.75, 3.05) is 18.9 Å². The number of aromatic nitrogens is 6. The topological polar surface area (TPSA) is 290 Å². The highest BCUT2D eigenvalue weighted by Crippen LogP contribution is 2.64. The predicted molar refractivity (Wildman–Crippen MR) is 200 cm³/mol. The number of nitrogens with one attached hydrogen (secondary N) is 1. The molecule has 22 nitrogen and oxygen atoms in total. The number of aromatic amines is 1. The number of phosphoric acid groups is 1. The van der Waals surface area contributed by atoms with Crippen LogP contribution in [0.1, 0.15) is 28.4 Å². The number of H-pyrrole nitrogens is 1. The van der Waals surface area contributed by atoms with E-state index in [0.29, 0.717) is 21.5 Å². The maximum atomic E-state index is 16.4. The van der Waals surface area contributed by atoms with Crippen molar-refractivity contribution in [1.29, 1.82) is 0 Å². The minimum absolute atomic E-state index is 0.0337. The molecule has 5 aromatic rings. The van der Waals surface area contributed by atoms with E-state index >= 15 is 8.78 Å². The molecule has 3 fully saturated rings. The Hall–Kier alpha value is -4.91. The number of para-hydroxylation sites is 1. The largest absolute Gasteiger partial charge is 0.472 e. The van der Waals surface area contributed by atoms with E-state index in [2.05, 4.69) is 19.8 Å². The average Bonchev–Trinajstić information content (AvgIpc) is 3.89. The van der Waals surface area contributed by atoms with Gasteiger partial charge in [-0.25, -0.2) is 47.7 Å². The van der Waals surface area contributed by atoms with E-state index in [0.717, 1.165) is 24.9 Å². The van der Waals surface area contributed by atoms with Crippen molar-refractivity contribution in [3.05, 3.63) is 105 Å². The van der Waals surface area contributed by atoms with Crippen LogP contribution in [0.5, 0.6) is 11.5 Å². The van der Waals surface area contributed by atoms with Crippen molar-refractivity contribution in [1.82, 2.24) is 29.1 Å². The first-order valence-corrected chi connectivity index (χ1v) is 22.1. The highest BCUT2D eigenvalue weighted by atomic mass is 32.7. The van der Waals surface area contributed by atoms with Gasteiger partial charge in [0.05, 0.1) is 19.5 Å². The molecule has 3 aliphatic heterocycles. The van der Waals surface area contributed by atoms with Crippen LogP contribution < -0.4 is 26.6 Å². The number of carbonyl (C=O) groups excluding carboxylic acids is 1. The molecule has 27 heteroatoms. The first kappa shape index (κ1) is 41.8. The van der Waals surface area contributed by atoms with E-state index in [4.69, 9.17) is 43.3 Å². The van der Waals surface area contributed by atoms with Crippen LogP contribution in [0, 0.1) is 0 Å². The molecule has 3 saturated heterocycles. The summed E-state index contributed by atoms with van der Waals surface area (Å²) in [6, 6.07) is 12.5. The van der Waals surface area contributed by atoms with Gasteiger partial charge in [0, 0.05) is 18.0 Å². The molecular weight excluding hydrogens is 866 g/mol. The van der Waals surface area contributed by atoms with Crippen LogP contribution in [0.4, 0.5) is 14.6 Å². The molecule has 0 spiro atoms. The van der Waals surface area contributed by atoms with Crippen molar-refractivity contribution in [2.45, 2.75) is 55.0 Å². The Morgan fingerprint density at radius 2 is 1.68 bits per heavy atom. The minimum atomic E-state index is -5.29. The van der Waals surface area contributed by atoms with Gasteiger partial charge in [0.2, 0.25) is 0 Å². The van der Waals surface area contributed by atoms with E-state index < -0.39 is 94.3 Å². The molecule has 0 aliphatic carbocycles. The van der Waals surface area contributed by atoms with Crippen molar-refractivity contribution in [2.24, 2.45) is 0 Å². The third-order valence-corrected chi connectivity index (χ3v) is 14.0. The molecule has 3 aliphatic rings. The molecule has 0 amide bonds.